The quantitative estimate of drug-likeness (QED) is 0.756. The molecule has 5 heteroatoms. The monoisotopic (exact) mass is 329 g/mol. The largest absolute Gasteiger partial charge is 0.496 e. The Kier molecular flexibility index (Phi) is 6.49. The van der Waals surface area contributed by atoms with E-state index in [2.05, 4.69) is 5.32 Å². The third-order valence-electron chi connectivity index (χ3n) is 3.39. The van der Waals surface area contributed by atoms with Crippen molar-refractivity contribution >= 4 is 5.91 Å². The predicted molar refractivity (Wildman–Crippen MR) is 93.2 cm³/mol. The summed E-state index contributed by atoms with van der Waals surface area (Å²) in [6.07, 6.45) is 0. The first-order chi connectivity index (χ1) is 11.6. The molecule has 1 N–H and O–H groups in total. The van der Waals surface area contributed by atoms with Gasteiger partial charge in [-0.2, -0.15) is 0 Å². The van der Waals surface area contributed by atoms with E-state index in [0.29, 0.717) is 31.1 Å². The van der Waals surface area contributed by atoms with Gasteiger partial charge in [0.1, 0.15) is 23.9 Å². The first kappa shape index (κ1) is 17.7. The maximum Gasteiger partial charge on any atom is 0.255 e. The van der Waals surface area contributed by atoms with Crippen LogP contribution in [0.2, 0.25) is 0 Å². The minimum atomic E-state index is -0.175. The molecule has 0 atom stereocenters. The molecule has 0 aromatic heterocycles. The lowest BCUT2D eigenvalue weighted by atomic mass is 10.1. The van der Waals surface area contributed by atoms with Crippen LogP contribution in [0.4, 0.5) is 0 Å². The van der Waals surface area contributed by atoms with Gasteiger partial charge in [-0.25, -0.2) is 0 Å². The van der Waals surface area contributed by atoms with Crippen LogP contribution in [0, 0.1) is 6.92 Å². The first-order valence-corrected chi connectivity index (χ1v) is 7.92. The van der Waals surface area contributed by atoms with Crippen LogP contribution in [-0.4, -0.2) is 32.8 Å². The zero-order valence-electron chi connectivity index (χ0n) is 14.3. The predicted octanol–water partition coefficient (Wildman–Crippen LogP) is 3.21. The van der Waals surface area contributed by atoms with Gasteiger partial charge >= 0.3 is 0 Å². The Morgan fingerprint density at radius 2 is 1.71 bits per heavy atom. The molecular formula is C19H23NO4. The highest BCUT2D eigenvalue weighted by molar-refractivity contribution is 5.97. The number of hydrogen-bond acceptors (Lipinski definition) is 4. The Bertz CT molecular complexity index is 668. The van der Waals surface area contributed by atoms with E-state index < -0.39 is 0 Å². The summed E-state index contributed by atoms with van der Waals surface area (Å²) in [5.74, 6) is 1.93. The Hall–Kier alpha value is -2.69. The molecule has 0 bridgehead atoms. The molecule has 0 aliphatic heterocycles. The molecule has 0 saturated carbocycles. The number of aryl methyl sites for hydroxylation is 1. The second-order valence-electron chi connectivity index (χ2n) is 5.21. The number of ether oxygens (including phenoxy) is 3. The molecular weight excluding hydrogens is 306 g/mol. The van der Waals surface area contributed by atoms with E-state index in [1.807, 2.05) is 50.2 Å². The second kappa shape index (κ2) is 8.82. The maximum absolute atomic E-state index is 12.2. The zero-order chi connectivity index (χ0) is 17.4. The summed E-state index contributed by atoms with van der Waals surface area (Å²) < 4.78 is 16.2. The molecule has 2 aromatic carbocycles. The topological polar surface area (TPSA) is 56.8 Å². The highest BCUT2D eigenvalue weighted by Crippen LogP contribution is 2.19. The lowest BCUT2D eigenvalue weighted by Gasteiger charge is -2.11. The molecule has 0 aliphatic carbocycles. The minimum Gasteiger partial charge on any atom is -0.496 e. The molecule has 2 rings (SSSR count). The van der Waals surface area contributed by atoms with Crippen LogP contribution in [0.3, 0.4) is 0 Å². The van der Waals surface area contributed by atoms with Crippen LogP contribution >= 0.6 is 0 Å². The van der Waals surface area contributed by atoms with Crippen molar-refractivity contribution in [1.29, 1.82) is 0 Å². The number of nitrogens with one attached hydrogen (secondary N) is 1. The summed E-state index contributed by atoms with van der Waals surface area (Å²) in [6, 6.07) is 12.9. The molecule has 0 unspecified atom stereocenters. The fraction of sp³-hybridized carbons (Fsp3) is 0.316. The number of amides is 1. The number of hydrogen-bond donors (Lipinski definition) is 1. The van der Waals surface area contributed by atoms with Crippen LogP contribution < -0.4 is 19.5 Å². The van der Waals surface area contributed by atoms with Gasteiger partial charge in [-0.05, 0) is 50.2 Å². The normalized spacial score (nSPS) is 10.1. The molecule has 0 heterocycles. The van der Waals surface area contributed by atoms with Crippen molar-refractivity contribution in [2.45, 2.75) is 13.8 Å². The molecule has 128 valence electrons. The molecule has 0 fully saturated rings. The lowest BCUT2D eigenvalue weighted by molar-refractivity contribution is 0.0944. The molecule has 0 spiro atoms. The standard InChI is InChI=1S/C19H23NO4/c1-4-23-15-6-8-16(9-7-15)24-12-11-20-19(21)17-13-14(2)5-10-18(17)22-3/h5-10,13H,4,11-12H2,1-3H3,(H,20,21). The maximum atomic E-state index is 12.2. The number of benzene rings is 2. The fourth-order valence-corrected chi connectivity index (χ4v) is 2.23. The van der Waals surface area contributed by atoms with Gasteiger partial charge in [-0.3, -0.25) is 4.79 Å². The number of carbonyl (C=O) groups excluding carboxylic acids is 1. The van der Waals surface area contributed by atoms with Gasteiger partial charge in [0.15, 0.2) is 0 Å². The third kappa shape index (κ3) is 4.91. The van der Waals surface area contributed by atoms with Crippen molar-refractivity contribution in [3.05, 3.63) is 53.6 Å². The van der Waals surface area contributed by atoms with E-state index in [4.69, 9.17) is 14.2 Å². The van der Waals surface area contributed by atoms with Crippen LogP contribution in [0.15, 0.2) is 42.5 Å². The second-order valence-corrected chi connectivity index (χ2v) is 5.21. The van der Waals surface area contributed by atoms with Crippen molar-refractivity contribution in [3.63, 3.8) is 0 Å². The van der Waals surface area contributed by atoms with Crippen LogP contribution in [0.5, 0.6) is 17.2 Å². The SMILES string of the molecule is CCOc1ccc(OCCNC(=O)c2cc(C)ccc2OC)cc1. The zero-order valence-corrected chi connectivity index (χ0v) is 14.3. The number of carbonyl (C=O) groups is 1. The van der Waals surface area contributed by atoms with Crippen molar-refractivity contribution in [1.82, 2.24) is 5.32 Å². The first-order valence-electron chi connectivity index (χ1n) is 7.92. The summed E-state index contributed by atoms with van der Waals surface area (Å²) in [5, 5.41) is 2.83. The van der Waals surface area contributed by atoms with Gasteiger partial charge < -0.3 is 19.5 Å². The van der Waals surface area contributed by atoms with E-state index in [-0.39, 0.29) is 5.91 Å². The van der Waals surface area contributed by atoms with E-state index in [0.717, 1.165) is 17.1 Å². The lowest BCUT2D eigenvalue weighted by Crippen LogP contribution is -2.28. The minimum absolute atomic E-state index is 0.175. The van der Waals surface area contributed by atoms with E-state index >= 15 is 0 Å². The van der Waals surface area contributed by atoms with Crippen molar-refractivity contribution < 1.29 is 19.0 Å². The van der Waals surface area contributed by atoms with Gasteiger partial charge in [0, 0.05) is 0 Å². The highest BCUT2D eigenvalue weighted by Gasteiger charge is 2.11. The van der Waals surface area contributed by atoms with Gasteiger partial charge in [-0.15, -0.1) is 0 Å². The molecule has 5 nitrogen and oxygen atoms in total. The smallest absolute Gasteiger partial charge is 0.255 e. The molecule has 0 aliphatic rings. The average Bonchev–Trinajstić information content (AvgIpc) is 2.60. The summed E-state index contributed by atoms with van der Waals surface area (Å²) in [6.45, 7) is 5.30. The summed E-state index contributed by atoms with van der Waals surface area (Å²) in [4.78, 5) is 12.2. The molecule has 1 amide bonds. The van der Waals surface area contributed by atoms with Gasteiger partial charge in [0.2, 0.25) is 0 Å². The summed E-state index contributed by atoms with van der Waals surface area (Å²) in [7, 11) is 1.55. The molecule has 24 heavy (non-hydrogen) atoms. The van der Waals surface area contributed by atoms with Crippen LogP contribution in [0.1, 0.15) is 22.8 Å². The Labute approximate surface area is 142 Å². The van der Waals surface area contributed by atoms with Crippen LogP contribution in [-0.2, 0) is 0 Å². The van der Waals surface area contributed by atoms with Gasteiger partial charge in [0.05, 0.1) is 25.8 Å². The van der Waals surface area contributed by atoms with E-state index in [1.165, 1.54) is 0 Å². The fourth-order valence-electron chi connectivity index (χ4n) is 2.23. The highest BCUT2D eigenvalue weighted by atomic mass is 16.5. The molecule has 2 aromatic rings. The van der Waals surface area contributed by atoms with Gasteiger partial charge in [0.25, 0.3) is 5.91 Å². The third-order valence-corrected chi connectivity index (χ3v) is 3.39. The van der Waals surface area contributed by atoms with E-state index in [1.54, 1.807) is 13.2 Å². The van der Waals surface area contributed by atoms with E-state index in [9.17, 15) is 4.79 Å². The van der Waals surface area contributed by atoms with Crippen molar-refractivity contribution in [3.8, 4) is 17.2 Å². The molecule has 0 saturated heterocycles. The number of methoxy groups -OCH3 is 1. The van der Waals surface area contributed by atoms with Gasteiger partial charge in [-0.1, -0.05) is 11.6 Å². The summed E-state index contributed by atoms with van der Waals surface area (Å²) in [5.41, 5.74) is 1.53. The Morgan fingerprint density at radius 3 is 2.33 bits per heavy atom. The molecule has 0 radical (unpaired) electrons. The average molecular weight is 329 g/mol. The van der Waals surface area contributed by atoms with Crippen molar-refractivity contribution in [2.24, 2.45) is 0 Å². The number of rotatable bonds is 8. The van der Waals surface area contributed by atoms with Crippen LogP contribution in [0.25, 0.3) is 0 Å². The Balaban J connectivity index is 1.81. The Morgan fingerprint density at radius 1 is 1.04 bits per heavy atom. The van der Waals surface area contributed by atoms with Crippen molar-refractivity contribution in [2.75, 3.05) is 26.9 Å². The summed E-state index contributed by atoms with van der Waals surface area (Å²) >= 11 is 0.